The van der Waals surface area contributed by atoms with Gasteiger partial charge in [0.2, 0.25) is 0 Å². The molecular formula is C14H22F3N3. The quantitative estimate of drug-likeness (QED) is 0.774. The van der Waals surface area contributed by atoms with E-state index in [1.54, 1.807) is 0 Å². The van der Waals surface area contributed by atoms with Gasteiger partial charge in [-0.2, -0.15) is 13.2 Å². The van der Waals surface area contributed by atoms with Gasteiger partial charge in [0.1, 0.15) is 11.6 Å². The highest BCUT2D eigenvalue weighted by Gasteiger charge is 2.31. The zero-order chi connectivity index (χ0) is 15.2. The van der Waals surface area contributed by atoms with E-state index in [-0.39, 0.29) is 17.7 Å². The SMILES string of the molecule is CCCC(CC)Nc1cc(C(F)(F)F)cc(NCC)n1. The normalized spacial score (nSPS) is 13.1. The molecule has 20 heavy (non-hydrogen) atoms. The van der Waals surface area contributed by atoms with Crippen LogP contribution in [0.3, 0.4) is 0 Å². The number of hydrogen-bond acceptors (Lipinski definition) is 3. The second-order valence-corrected chi connectivity index (χ2v) is 4.69. The molecule has 0 radical (unpaired) electrons. The molecule has 0 aliphatic heterocycles. The maximum atomic E-state index is 12.9. The molecule has 0 spiro atoms. The Labute approximate surface area is 118 Å². The molecular weight excluding hydrogens is 267 g/mol. The summed E-state index contributed by atoms with van der Waals surface area (Å²) in [5.74, 6) is 0.521. The predicted octanol–water partition coefficient (Wildman–Crippen LogP) is 4.52. The smallest absolute Gasteiger partial charge is 0.370 e. The van der Waals surface area contributed by atoms with E-state index in [1.165, 1.54) is 0 Å². The van der Waals surface area contributed by atoms with Gasteiger partial charge in [-0.15, -0.1) is 0 Å². The number of pyridine rings is 1. The summed E-state index contributed by atoms with van der Waals surface area (Å²) in [6.07, 6.45) is -1.63. The number of hydrogen-bond donors (Lipinski definition) is 2. The molecule has 1 rings (SSSR count). The summed E-state index contributed by atoms with van der Waals surface area (Å²) in [6.45, 7) is 6.40. The molecule has 1 atom stereocenters. The lowest BCUT2D eigenvalue weighted by Gasteiger charge is -2.19. The summed E-state index contributed by atoms with van der Waals surface area (Å²) in [5.41, 5.74) is -0.683. The van der Waals surface area contributed by atoms with Gasteiger partial charge in [0.05, 0.1) is 5.56 Å². The molecule has 0 bridgehead atoms. The van der Waals surface area contributed by atoms with Crippen LogP contribution in [0.25, 0.3) is 0 Å². The van der Waals surface area contributed by atoms with Gasteiger partial charge in [0.25, 0.3) is 0 Å². The number of halogens is 3. The third-order valence-electron chi connectivity index (χ3n) is 2.99. The third-order valence-corrected chi connectivity index (χ3v) is 2.99. The number of nitrogens with zero attached hydrogens (tertiary/aromatic N) is 1. The van der Waals surface area contributed by atoms with Crippen molar-refractivity contribution in [3.63, 3.8) is 0 Å². The van der Waals surface area contributed by atoms with Crippen LogP contribution >= 0.6 is 0 Å². The summed E-state index contributed by atoms with van der Waals surface area (Å²) in [7, 11) is 0. The molecule has 1 aromatic heterocycles. The van der Waals surface area contributed by atoms with Gasteiger partial charge in [0, 0.05) is 12.6 Å². The number of nitrogens with one attached hydrogen (secondary N) is 2. The fourth-order valence-corrected chi connectivity index (χ4v) is 1.98. The van der Waals surface area contributed by atoms with Crippen LogP contribution in [0.4, 0.5) is 24.8 Å². The van der Waals surface area contributed by atoms with Gasteiger partial charge in [-0.05, 0) is 31.9 Å². The second kappa shape index (κ2) is 7.36. The average Bonchev–Trinajstić information content (AvgIpc) is 2.37. The zero-order valence-corrected chi connectivity index (χ0v) is 12.1. The van der Waals surface area contributed by atoms with Crippen molar-refractivity contribution in [2.24, 2.45) is 0 Å². The number of alkyl halides is 3. The fourth-order valence-electron chi connectivity index (χ4n) is 1.98. The van der Waals surface area contributed by atoms with E-state index in [9.17, 15) is 13.2 Å². The Morgan fingerprint density at radius 3 is 2.30 bits per heavy atom. The van der Waals surface area contributed by atoms with E-state index < -0.39 is 11.7 Å². The van der Waals surface area contributed by atoms with Gasteiger partial charge in [-0.25, -0.2) is 4.98 Å². The zero-order valence-electron chi connectivity index (χ0n) is 12.1. The first-order chi connectivity index (χ1) is 9.40. The maximum absolute atomic E-state index is 12.9. The summed E-state index contributed by atoms with van der Waals surface area (Å²) < 4.78 is 38.6. The molecule has 1 aromatic rings. The van der Waals surface area contributed by atoms with Gasteiger partial charge in [0.15, 0.2) is 0 Å². The number of rotatable bonds is 7. The third kappa shape index (κ3) is 4.90. The van der Waals surface area contributed by atoms with Gasteiger partial charge >= 0.3 is 6.18 Å². The molecule has 0 aromatic carbocycles. The Balaban J connectivity index is 3.02. The lowest BCUT2D eigenvalue weighted by molar-refractivity contribution is -0.137. The number of aromatic nitrogens is 1. The highest BCUT2D eigenvalue weighted by molar-refractivity contribution is 5.50. The topological polar surface area (TPSA) is 37.0 Å². The van der Waals surface area contributed by atoms with E-state index in [4.69, 9.17) is 0 Å². The molecule has 0 fully saturated rings. The van der Waals surface area contributed by atoms with Crippen molar-refractivity contribution in [1.29, 1.82) is 0 Å². The number of anilines is 2. The Morgan fingerprint density at radius 2 is 1.80 bits per heavy atom. The molecule has 0 aliphatic rings. The monoisotopic (exact) mass is 289 g/mol. The first-order valence-electron chi connectivity index (χ1n) is 7.00. The van der Waals surface area contributed by atoms with Crippen molar-refractivity contribution in [2.45, 2.75) is 52.3 Å². The molecule has 0 saturated heterocycles. The fraction of sp³-hybridized carbons (Fsp3) is 0.643. The minimum atomic E-state index is -4.37. The van der Waals surface area contributed by atoms with E-state index in [0.717, 1.165) is 31.4 Å². The van der Waals surface area contributed by atoms with Gasteiger partial charge < -0.3 is 10.6 Å². The Hall–Kier alpha value is -1.46. The average molecular weight is 289 g/mol. The van der Waals surface area contributed by atoms with Crippen molar-refractivity contribution in [3.8, 4) is 0 Å². The van der Waals surface area contributed by atoms with Crippen LogP contribution < -0.4 is 10.6 Å². The molecule has 6 heteroatoms. The van der Waals surface area contributed by atoms with Crippen LogP contribution in [0.1, 0.15) is 45.6 Å². The second-order valence-electron chi connectivity index (χ2n) is 4.69. The molecule has 114 valence electrons. The van der Waals surface area contributed by atoms with Crippen molar-refractivity contribution >= 4 is 11.6 Å². The van der Waals surface area contributed by atoms with Gasteiger partial charge in [-0.3, -0.25) is 0 Å². The standard InChI is InChI=1S/C14H22F3N3/c1-4-7-11(5-2)19-13-9-10(14(15,16)17)8-12(20-13)18-6-3/h8-9,11H,4-7H2,1-3H3,(H2,18,19,20). The van der Waals surface area contributed by atoms with E-state index in [2.05, 4.69) is 15.6 Å². The predicted molar refractivity (Wildman–Crippen MR) is 76.0 cm³/mol. The molecule has 0 aliphatic carbocycles. The first-order valence-corrected chi connectivity index (χ1v) is 7.00. The summed E-state index contributed by atoms with van der Waals surface area (Å²) in [5, 5.41) is 5.92. The summed E-state index contributed by atoms with van der Waals surface area (Å²) >= 11 is 0. The highest BCUT2D eigenvalue weighted by Crippen LogP contribution is 2.32. The molecule has 1 unspecified atom stereocenters. The van der Waals surface area contributed by atoms with E-state index in [1.807, 2.05) is 20.8 Å². The highest BCUT2D eigenvalue weighted by atomic mass is 19.4. The van der Waals surface area contributed by atoms with Crippen molar-refractivity contribution in [3.05, 3.63) is 17.7 Å². The lowest BCUT2D eigenvalue weighted by Crippen LogP contribution is -2.20. The minimum Gasteiger partial charge on any atom is -0.370 e. The molecule has 0 saturated carbocycles. The Kier molecular flexibility index (Phi) is 6.10. The van der Waals surface area contributed by atoms with Crippen LogP contribution in [-0.2, 0) is 6.18 Å². The molecule has 2 N–H and O–H groups in total. The van der Waals surface area contributed by atoms with Crippen LogP contribution in [0.5, 0.6) is 0 Å². The summed E-state index contributed by atoms with van der Waals surface area (Å²) in [6, 6.07) is 2.25. The van der Waals surface area contributed by atoms with Gasteiger partial charge in [-0.1, -0.05) is 20.3 Å². The Bertz CT molecular complexity index is 419. The molecule has 1 heterocycles. The van der Waals surface area contributed by atoms with Crippen LogP contribution in [0, 0.1) is 0 Å². The van der Waals surface area contributed by atoms with Crippen molar-refractivity contribution < 1.29 is 13.2 Å². The van der Waals surface area contributed by atoms with Crippen LogP contribution in [-0.4, -0.2) is 17.6 Å². The largest absolute Gasteiger partial charge is 0.416 e. The van der Waals surface area contributed by atoms with Crippen LogP contribution in [0.2, 0.25) is 0 Å². The molecule has 0 amide bonds. The van der Waals surface area contributed by atoms with Crippen LogP contribution in [0.15, 0.2) is 12.1 Å². The minimum absolute atomic E-state index is 0.144. The lowest BCUT2D eigenvalue weighted by atomic mass is 10.1. The first kappa shape index (κ1) is 16.6. The van der Waals surface area contributed by atoms with Crippen molar-refractivity contribution in [2.75, 3.05) is 17.2 Å². The van der Waals surface area contributed by atoms with Crippen molar-refractivity contribution in [1.82, 2.24) is 4.98 Å². The van der Waals surface area contributed by atoms with E-state index >= 15 is 0 Å². The Morgan fingerprint density at radius 1 is 1.15 bits per heavy atom. The van der Waals surface area contributed by atoms with E-state index in [0.29, 0.717) is 6.54 Å². The molecule has 3 nitrogen and oxygen atoms in total. The maximum Gasteiger partial charge on any atom is 0.416 e. The summed E-state index contributed by atoms with van der Waals surface area (Å²) in [4.78, 5) is 4.18.